The molecule has 5 heteroatoms. The van der Waals surface area contributed by atoms with Crippen LogP contribution in [0.1, 0.15) is 64.3 Å². The minimum atomic E-state index is -0.208. The number of nitrogens with one attached hydrogen (secondary N) is 2. The highest BCUT2D eigenvalue weighted by Crippen LogP contribution is 2.29. The van der Waals surface area contributed by atoms with Gasteiger partial charge in [0.15, 0.2) is 0 Å². The average molecular weight is 292 g/mol. The molecule has 1 amide bonds. The van der Waals surface area contributed by atoms with Crippen LogP contribution in [0.5, 0.6) is 0 Å². The van der Waals surface area contributed by atoms with Gasteiger partial charge in [0.25, 0.3) is 0 Å². The van der Waals surface area contributed by atoms with Gasteiger partial charge in [-0.25, -0.2) is 4.98 Å². The molecule has 118 valence electrons. The summed E-state index contributed by atoms with van der Waals surface area (Å²) in [5.41, 5.74) is 2.25. The van der Waals surface area contributed by atoms with E-state index in [0.29, 0.717) is 0 Å². The number of amides is 1. The van der Waals surface area contributed by atoms with Gasteiger partial charge in [-0.05, 0) is 13.3 Å². The van der Waals surface area contributed by atoms with Crippen molar-refractivity contribution in [3.63, 3.8) is 0 Å². The van der Waals surface area contributed by atoms with Gasteiger partial charge in [-0.1, -0.05) is 27.7 Å². The van der Waals surface area contributed by atoms with Crippen LogP contribution in [0.2, 0.25) is 0 Å². The fourth-order valence-electron chi connectivity index (χ4n) is 2.79. The van der Waals surface area contributed by atoms with Gasteiger partial charge in [0.2, 0.25) is 5.91 Å². The molecule has 1 unspecified atom stereocenters. The van der Waals surface area contributed by atoms with Crippen molar-refractivity contribution >= 4 is 5.91 Å². The summed E-state index contributed by atoms with van der Waals surface area (Å²) in [4.78, 5) is 17.2. The van der Waals surface area contributed by atoms with E-state index in [2.05, 4.69) is 42.9 Å². The maximum Gasteiger partial charge on any atom is 0.242 e. The largest absolute Gasteiger partial charge is 0.354 e. The standard InChI is InChI=1S/C16H28N4O/c1-6-8-18-14(21)11(2)20-13-7-9-17-10-12(13)19-15(20)16(3,4)5/h11,17H,6-10H2,1-5H3,(H,18,21). The highest BCUT2D eigenvalue weighted by atomic mass is 16.2. The van der Waals surface area contributed by atoms with Gasteiger partial charge < -0.3 is 15.2 Å². The second kappa shape index (κ2) is 6.18. The van der Waals surface area contributed by atoms with Gasteiger partial charge in [-0.3, -0.25) is 4.79 Å². The zero-order chi connectivity index (χ0) is 15.6. The molecule has 0 radical (unpaired) electrons. The Balaban J connectivity index is 2.40. The van der Waals surface area contributed by atoms with Crippen LogP contribution >= 0.6 is 0 Å². The van der Waals surface area contributed by atoms with Gasteiger partial charge in [-0.15, -0.1) is 0 Å². The molecule has 1 aromatic heterocycles. The Morgan fingerprint density at radius 3 is 2.81 bits per heavy atom. The third kappa shape index (κ3) is 3.28. The summed E-state index contributed by atoms with van der Waals surface area (Å²) in [6, 6.07) is -0.208. The minimum absolute atomic E-state index is 0.0728. The molecule has 0 aromatic carbocycles. The van der Waals surface area contributed by atoms with Crippen molar-refractivity contribution in [3.05, 3.63) is 17.2 Å². The molecule has 2 N–H and O–H groups in total. The first-order chi connectivity index (χ1) is 9.86. The van der Waals surface area contributed by atoms with Crippen LogP contribution in [0, 0.1) is 0 Å². The molecule has 0 bridgehead atoms. The molecule has 5 nitrogen and oxygen atoms in total. The molecule has 2 heterocycles. The molecular weight excluding hydrogens is 264 g/mol. The van der Waals surface area contributed by atoms with E-state index in [0.717, 1.165) is 44.0 Å². The van der Waals surface area contributed by atoms with Crippen molar-refractivity contribution in [3.8, 4) is 0 Å². The lowest BCUT2D eigenvalue weighted by Gasteiger charge is -2.26. The number of carbonyl (C=O) groups is 1. The number of imidazole rings is 1. The molecule has 1 atom stereocenters. The van der Waals surface area contributed by atoms with E-state index in [1.165, 1.54) is 5.69 Å². The first-order valence-electron chi connectivity index (χ1n) is 7.95. The van der Waals surface area contributed by atoms with E-state index < -0.39 is 0 Å². The Morgan fingerprint density at radius 2 is 2.19 bits per heavy atom. The third-order valence-electron chi connectivity index (χ3n) is 3.91. The average Bonchev–Trinajstić information content (AvgIpc) is 2.83. The highest BCUT2D eigenvalue weighted by Gasteiger charge is 2.31. The van der Waals surface area contributed by atoms with Crippen molar-refractivity contribution in [2.45, 2.75) is 65.5 Å². The lowest BCUT2D eigenvalue weighted by Crippen LogP contribution is -2.35. The number of hydrogen-bond acceptors (Lipinski definition) is 3. The molecule has 0 spiro atoms. The minimum Gasteiger partial charge on any atom is -0.354 e. The molecular formula is C16H28N4O. The van der Waals surface area contributed by atoms with Gasteiger partial charge >= 0.3 is 0 Å². The maximum absolute atomic E-state index is 12.4. The Bertz CT molecular complexity index is 513. The van der Waals surface area contributed by atoms with Gasteiger partial charge in [0, 0.05) is 37.2 Å². The fourth-order valence-corrected chi connectivity index (χ4v) is 2.79. The summed E-state index contributed by atoms with van der Waals surface area (Å²) in [6.45, 7) is 13.0. The van der Waals surface area contributed by atoms with E-state index in [1.54, 1.807) is 0 Å². The lowest BCUT2D eigenvalue weighted by atomic mass is 9.95. The number of rotatable bonds is 4. The summed E-state index contributed by atoms with van der Waals surface area (Å²) >= 11 is 0. The first-order valence-corrected chi connectivity index (χ1v) is 7.95. The number of fused-ring (bicyclic) bond motifs is 1. The Hall–Kier alpha value is -1.36. The quantitative estimate of drug-likeness (QED) is 0.891. The van der Waals surface area contributed by atoms with Crippen LogP contribution < -0.4 is 10.6 Å². The predicted molar refractivity (Wildman–Crippen MR) is 84.3 cm³/mol. The zero-order valence-electron chi connectivity index (χ0n) is 13.9. The fraction of sp³-hybridized carbons (Fsp3) is 0.750. The second-order valence-electron chi connectivity index (χ2n) is 6.84. The normalized spacial score (nSPS) is 16.4. The van der Waals surface area contributed by atoms with E-state index in [4.69, 9.17) is 4.98 Å². The van der Waals surface area contributed by atoms with Gasteiger partial charge in [-0.2, -0.15) is 0 Å². The predicted octanol–water partition coefficient (Wildman–Crippen LogP) is 1.91. The van der Waals surface area contributed by atoms with Gasteiger partial charge in [0.05, 0.1) is 5.69 Å². The first kappa shape index (κ1) is 16.0. The molecule has 0 saturated carbocycles. The lowest BCUT2D eigenvalue weighted by molar-refractivity contribution is -0.124. The summed E-state index contributed by atoms with van der Waals surface area (Å²) in [6.07, 6.45) is 1.89. The molecule has 2 rings (SSSR count). The highest BCUT2D eigenvalue weighted by molar-refractivity contribution is 5.80. The van der Waals surface area contributed by atoms with E-state index in [-0.39, 0.29) is 17.4 Å². The second-order valence-corrected chi connectivity index (χ2v) is 6.84. The van der Waals surface area contributed by atoms with Crippen molar-refractivity contribution in [2.24, 2.45) is 0 Å². The monoisotopic (exact) mass is 292 g/mol. The number of nitrogens with zero attached hydrogens (tertiary/aromatic N) is 2. The van der Waals surface area contributed by atoms with Crippen molar-refractivity contribution in [1.82, 2.24) is 20.2 Å². The molecule has 1 aliphatic rings. The number of carbonyl (C=O) groups excluding carboxylic acids is 1. The van der Waals surface area contributed by atoms with Gasteiger partial charge in [0.1, 0.15) is 11.9 Å². The molecule has 1 aliphatic heterocycles. The Morgan fingerprint density at radius 1 is 1.48 bits per heavy atom. The summed E-state index contributed by atoms with van der Waals surface area (Å²) < 4.78 is 2.17. The Kier molecular flexibility index (Phi) is 4.71. The van der Waals surface area contributed by atoms with E-state index in [1.807, 2.05) is 6.92 Å². The summed E-state index contributed by atoms with van der Waals surface area (Å²) in [5.74, 6) is 1.09. The molecule has 0 aliphatic carbocycles. The van der Waals surface area contributed by atoms with Crippen LogP contribution in [0.3, 0.4) is 0 Å². The summed E-state index contributed by atoms with van der Waals surface area (Å²) in [5, 5.41) is 6.36. The SMILES string of the molecule is CCCNC(=O)C(C)n1c(C(C)(C)C)nc2c1CCNC2. The van der Waals surface area contributed by atoms with Crippen molar-refractivity contribution in [2.75, 3.05) is 13.1 Å². The van der Waals surface area contributed by atoms with Crippen LogP contribution in [-0.4, -0.2) is 28.5 Å². The Labute approximate surface area is 127 Å². The van der Waals surface area contributed by atoms with E-state index >= 15 is 0 Å². The summed E-state index contributed by atoms with van der Waals surface area (Å²) in [7, 11) is 0. The molecule has 1 aromatic rings. The van der Waals surface area contributed by atoms with Crippen LogP contribution in [0.15, 0.2) is 0 Å². The number of aromatic nitrogens is 2. The zero-order valence-corrected chi connectivity index (χ0v) is 13.9. The van der Waals surface area contributed by atoms with Crippen LogP contribution in [0.4, 0.5) is 0 Å². The third-order valence-corrected chi connectivity index (χ3v) is 3.91. The molecule has 21 heavy (non-hydrogen) atoms. The van der Waals surface area contributed by atoms with E-state index in [9.17, 15) is 4.79 Å². The van der Waals surface area contributed by atoms with Crippen LogP contribution in [0.25, 0.3) is 0 Å². The van der Waals surface area contributed by atoms with Crippen molar-refractivity contribution in [1.29, 1.82) is 0 Å². The maximum atomic E-state index is 12.4. The smallest absolute Gasteiger partial charge is 0.242 e. The topological polar surface area (TPSA) is 59.0 Å². The van der Waals surface area contributed by atoms with Crippen LogP contribution in [-0.2, 0) is 23.2 Å². The molecule has 0 fully saturated rings. The van der Waals surface area contributed by atoms with Crippen molar-refractivity contribution < 1.29 is 4.79 Å². The molecule has 0 saturated heterocycles. The number of hydrogen-bond donors (Lipinski definition) is 2.